The van der Waals surface area contributed by atoms with Crippen LogP contribution in [0.3, 0.4) is 0 Å². The first-order chi connectivity index (χ1) is 21.3. The number of anilines is 4. The van der Waals surface area contributed by atoms with Gasteiger partial charge in [-0.3, -0.25) is 4.90 Å². The van der Waals surface area contributed by atoms with Crippen LogP contribution in [-0.4, -0.2) is 121 Å². The molecule has 45 heavy (non-hydrogen) atoms. The molecule has 3 N–H and O–H groups in total. The zero-order chi connectivity index (χ0) is 32.5. The van der Waals surface area contributed by atoms with Gasteiger partial charge in [0.25, 0.3) is 0 Å². The van der Waals surface area contributed by atoms with Crippen molar-refractivity contribution in [1.82, 2.24) is 40.7 Å². The highest BCUT2D eigenvalue weighted by Crippen LogP contribution is 2.40. The Kier molecular flexibility index (Phi) is 9.94. The molecule has 5 rings (SSSR count). The first-order valence-corrected chi connectivity index (χ1v) is 15.5. The predicted octanol–water partition coefficient (Wildman–Crippen LogP) is 3.01. The van der Waals surface area contributed by atoms with Gasteiger partial charge in [-0.25, -0.2) is 28.6 Å². The molecule has 13 nitrogen and oxygen atoms in total. The highest BCUT2D eigenvalue weighted by atomic mass is 19.1. The van der Waals surface area contributed by atoms with Crippen molar-refractivity contribution in [2.45, 2.75) is 57.2 Å². The van der Waals surface area contributed by atoms with Gasteiger partial charge in [0.15, 0.2) is 17.5 Å². The molecule has 2 amide bonds. The lowest BCUT2D eigenvalue weighted by Gasteiger charge is -2.47. The van der Waals surface area contributed by atoms with Gasteiger partial charge < -0.3 is 24.8 Å². The van der Waals surface area contributed by atoms with Crippen molar-refractivity contribution in [2.75, 3.05) is 83.2 Å². The summed E-state index contributed by atoms with van der Waals surface area (Å²) in [5.41, 5.74) is 5.93. The Balaban J connectivity index is 1.49. The molecule has 2 aromatic rings. The molecule has 0 spiro atoms. The maximum Gasteiger partial charge on any atom is 0.355 e. The smallest absolute Gasteiger partial charge is 0.355 e. The van der Waals surface area contributed by atoms with E-state index in [1.807, 2.05) is 38.0 Å². The molecular formula is C30H47F2N11O2. The fourth-order valence-electron chi connectivity index (χ4n) is 6.43. The summed E-state index contributed by atoms with van der Waals surface area (Å²) in [4.78, 5) is 29.9. The Morgan fingerprint density at radius 1 is 1.09 bits per heavy atom. The van der Waals surface area contributed by atoms with Crippen molar-refractivity contribution in [2.24, 2.45) is 0 Å². The van der Waals surface area contributed by atoms with Crippen molar-refractivity contribution in [3.63, 3.8) is 0 Å². The molecular weight excluding hydrogens is 584 g/mol. The van der Waals surface area contributed by atoms with E-state index in [0.717, 1.165) is 32.0 Å². The minimum atomic E-state index is -0.594. The molecule has 3 aliphatic rings. The standard InChI is InChI=1S/C30H47F2N11O2/c1-30(2)18-20(15-21-9-8-10-42(21)30)34-27-23(32)19-33-28(35-27)41(12-11-38(3)4)24-17-25(43-29(44)40(7)36-37-43)26(16-22(24)31)45-14-13-39(5)6/h16-17,19-21,36-37H,8-15,18H2,1-7H3,(H,33,34,35)/t20-,21+/m1/s1. The van der Waals surface area contributed by atoms with Crippen LogP contribution in [0.25, 0.3) is 0 Å². The van der Waals surface area contributed by atoms with E-state index in [1.54, 1.807) is 11.9 Å². The zero-order valence-corrected chi connectivity index (χ0v) is 27.4. The van der Waals surface area contributed by atoms with E-state index in [2.05, 4.69) is 45.1 Å². The van der Waals surface area contributed by atoms with Crippen LogP contribution in [0.15, 0.2) is 18.3 Å². The Morgan fingerprint density at radius 2 is 1.84 bits per heavy atom. The van der Waals surface area contributed by atoms with E-state index in [4.69, 9.17) is 4.74 Å². The summed E-state index contributed by atoms with van der Waals surface area (Å²) in [7, 11) is 9.20. The second-order valence-corrected chi connectivity index (χ2v) is 13.2. The number of hydrazine groups is 3. The van der Waals surface area contributed by atoms with E-state index in [-0.39, 0.29) is 41.4 Å². The number of amides is 2. The van der Waals surface area contributed by atoms with Crippen molar-refractivity contribution in [3.05, 3.63) is 30.0 Å². The predicted molar refractivity (Wildman–Crippen MR) is 170 cm³/mol. The summed E-state index contributed by atoms with van der Waals surface area (Å²) in [6.45, 7) is 7.27. The van der Waals surface area contributed by atoms with E-state index in [1.165, 1.54) is 28.6 Å². The van der Waals surface area contributed by atoms with Crippen LogP contribution < -0.4 is 31.0 Å². The molecule has 3 fully saturated rings. The number of hydrogen-bond acceptors (Lipinski definition) is 11. The highest BCUT2D eigenvalue weighted by Gasteiger charge is 2.43. The average molecular weight is 632 g/mol. The minimum Gasteiger partial charge on any atom is -0.490 e. The molecule has 0 unspecified atom stereocenters. The number of nitrogens with one attached hydrogen (secondary N) is 3. The molecule has 0 aliphatic carbocycles. The van der Waals surface area contributed by atoms with E-state index < -0.39 is 17.7 Å². The zero-order valence-electron chi connectivity index (χ0n) is 27.4. The monoisotopic (exact) mass is 631 g/mol. The largest absolute Gasteiger partial charge is 0.490 e. The number of aromatic nitrogens is 2. The van der Waals surface area contributed by atoms with Crippen molar-refractivity contribution < 1.29 is 18.3 Å². The van der Waals surface area contributed by atoms with Crippen LogP contribution in [0.1, 0.15) is 39.5 Å². The van der Waals surface area contributed by atoms with Crippen LogP contribution >= 0.6 is 0 Å². The number of piperidine rings is 1. The molecule has 1 aromatic heterocycles. The van der Waals surface area contributed by atoms with Crippen LogP contribution in [0.5, 0.6) is 5.75 Å². The topological polar surface area (TPSA) is 108 Å². The maximum atomic E-state index is 16.1. The summed E-state index contributed by atoms with van der Waals surface area (Å²) >= 11 is 0. The Hall–Kier alpha value is -3.37. The number of halogens is 2. The molecule has 4 heterocycles. The number of urea groups is 1. The number of nitrogens with zero attached hydrogens (tertiary/aromatic N) is 8. The second kappa shape index (κ2) is 13.5. The van der Waals surface area contributed by atoms with Crippen molar-refractivity contribution in [3.8, 4) is 5.75 Å². The van der Waals surface area contributed by atoms with Crippen molar-refractivity contribution >= 4 is 29.2 Å². The number of carbonyl (C=O) groups is 1. The SMILES string of the molecule is CN(C)CCOc1cc(F)c(N(CCN(C)C)c2ncc(F)c(N[C@@H]3C[C@@H]4CCCN4C(C)(C)C3)n2)cc1N1NNN(C)C1=O. The lowest BCUT2D eigenvalue weighted by Crippen LogP contribution is -2.55. The Labute approximate surface area is 264 Å². The normalized spacial score (nSPS) is 21.6. The van der Waals surface area contributed by atoms with Gasteiger partial charge in [-0.1, -0.05) is 0 Å². The number of benzene rings is 1. The lowest BCUT2D eigenvalue weighted by molar-refractivity contribution is 0.0500. The third-order valence-corrected chi connectivity index (χ3v) is 8.71. The summed E-state index contributed by atoms with van der Waals surface area (Å²) in [5.74, 6) is -0.742. The van der Waals surface area contributed by atoms with Crippen LogP contribution in [0.2, 0.25) is 0 Å². The van der Waals surface area contributed by atoms with Gasteiger partial charge in [0.2, 0.25) is 5.95 Å². The summed E-state index contributed by atoms with van der Waals surface area (Å²) < 4.78 is 37.2. The van der Waals surface area contributed by atoms with Crippen LogP contribution in [0.4, 0.5) is 36.7 Å². The van der Waals surface area contributed by atoms with Gasteiger partial charge in [-0.15, -0.1) is 11.1 Å². The lowest BCUT2D eigenvalue weighted by atomic mass is 9.84. The van der Waals surface area contributed by atoms with Gasteiger partial charge in [0.1, 0.15) is 18.0 Å². The minimum absolute atomic E-state index is 0.0129. The maximum absolute atomic E-state index is 16.1. The molecule has 0 radical (unpaired) electrons. The van der Waals surface area contributed by atoms with Gasteiger partial charge in [-0.05, 0) is 80.3 Å². The number of rotatable bonds is 12. The van der Waals surface area contributed by atoms with Crippen LogP contribution in [-0.2, 0) is 0 Å². The fourth-order valence-corrected chi connectivity index (χ4v) is 6.43. The third-order valence-electron chi connectivity index (χ3n) is 8.71. The first kappa shape index (κ1) is 33.0. The summed E-state index contributed by atoms with van der Waals surface area (Å²) in [6.07, 6.45) is 5.18. The van der Waals surface area contributed by atoms with Gasteiger partial charge in [0.05, 0.1) is 11.9 Å². The molecule has 15 heteroatoms. The molecule has 0 bridgehead atoms. The summed E-state index contributed by atoms with van der Waals surface area (Å²) in [6, 6.07) is 2.86. The van der Waals surface area contributed by atoms with E-state index >= 15 is 8.78 Å². The number of fused-ring (bicyclic) bond motifs is 1. The van der Waals surface area contributed by atoms with Gasteiger partial charge >= 0.3 is 6.03 Å². The number of ether oxygens (including phenoxy) is 1. The average Bonchev–Trinajstić information content (AvgIpc) is 3.57. The molecule has 248 valence electrons. The molecule has 3 aliphatic heterocycles. The van der Waals surface area contributed by atoms with Crippen molar-refractivity contribution in [1.29, 1.82) is 0 Å². The van der Waals surface area contributed by atoms with Crippen LogP contribution in [0, 0.1) is 11.6 Å². The quantitative estimate of drug-likeness (QED) is 0.322. The summed E-state index contributed by atoms with van der Waals surface area (Å²) in [5, 5.41) is 5.87. The second-order valence-electron chi connectivity index (χ2n) is 13.2. The van der Waals surface area contributed by atoms with E-state index in [9.17, 15) is 4.79 Å². The number of hydrogen-bond donors (Lipinski definition) is 3. The highest BCUT2D eigenvalue weighted by molar-refractivity contribution is 5.94. The van der Waals surface area contributed by atoms with E-state index in [0.29, 0.717) is 31.4 Å². The van der Waals surface area contributed by atoms with Gasteiger partial charge in [0, 0.05) is 50.4 Å². The molecule has 1 aromatic carbocycles. The number of carbonyl (C=O) groups excluding carboxylic acids is 1. The number of likely N-dealkylation sites (N-methyl/N-ethyl adjacent to an activating group) is 2. The Morgan fingerprint density at radius 3 is 2.53 bits per heavy atom. The molecule has 2 atom stereocenters. The molecule has 0 saturated carbocycles. The third kappa shape index (κ3) is 7.38. The molecule has 3 saturated heterocycles. The first-order valence-electron chi connectivity index (χ1n) is 15.5. The van der Waals surface area contributed by atoms with Gasteiger partial charge in [-0.2, -0.15) is 4.98 Å². The Bertz CT molecular complexity index is 1360. The fraction of sp³-hybridized carbons (Fsp3) is 0.633.